The van der Waals surface area contributed by atoms with Gasteiger partial charge in [-0.3, -0.25) is 9.59 Å². The highest BCUT2D eigenvalue weighted by atomic mass is 19.1. The second-order valence-corrected chi connectivity index (χ2v) is 6.05. The first-order valence-corrected chi connectivity index (χ1v) is 8.34. The fraction of sp³-hybridized carbons (Fsp3) is 0.0476. The number of hydrogen-bond acceptors (Lipinski definition) is 3. The number of nitrogens with zero attached hydrogens (tertiary/aromatic N) is 1. The Morgan fingerprint density at radius 3 is 2.59 bits per heavy atom. The van der Waals surface area contributed by atoms with Crippen LogP contribution in [0, 0.1) is 5.82 Å². The van der Waals surface area contributed by atoms with Crippen molar-refractivity contribution in [2.24, 2.45) is 0 Å². The summed E-state index contributed by atoms with van der Waals surface area (Å²) >= 11 is 0. The number of fused-ring (bicyclic) bond motifs is 1. The Hall–Kier alpha value is -3.67. The van der Waals surface area contributed by atoms with E-state index in [-0.39, 0.29) is 23.8 Å². The topological polar surface area (TPSA) is 66.3 Å². The van der Waals surface area contributed by atoms with Crippen LogP contribution in [0.25, 0.3) is 10.9 Å². The molecule has 0 saturated heterocycles. The number of aromatic amines is 1. The third-order valence-electron chi connectivity index (χ3n) is 4.26. The lowest BCUT2D eigenvalue weighted by atomic mass is 10.1. The SMILES string of the molecule is O=C(c1ccco1)N(Cc1cc(=O)[nH]c2ccc(F)cc12)c1ccccc1. The second kappa shape index (κ2) is 6.92. The first kappa shape index (κ1) is 16.8. The number of rotatable bonds is 4. The molecule has 0 saturated carbocycles. The van der Waals surface area contributed by atoms with Crippen molar-refractivity contribution in [3.8, 4) is 0 Å². The number of furan rings is 1. The van der Waals surface area contributed by atoms with Crippen LogP contribution in [0.1, 0.15) is 16.1 Å². The van der Waals surface area contributed by atoms with Crippen molar-refractivity contribution in [2.75, 3.05) is 4.90 Å². The van der Waals surface area contributed by atoms with E-state index < -0.39 is 5.82 Å². The first-order valence-electron chi connectivity index (χ1n) is 8.34. The van der Waals surface area contributed by atoms with Gasteiger partial charge in [0.05, 0.1) is 12.8 Å². The van der Waals surface area contributed by atoms with Gasteiger partial charge < -0.3 is 14.3 Å². The number of para-hydroxylation sites is 1. The number of halogens is 1. The van der Waals surface area contributed by atoms with Crippen molar-refractivity contribution in [2.45, 2.75) is 6.54 Å². The molecule has 4 rings (SSSR count). The van der Waals surface area contributed by atoms with Crippen molar-refractivity contribution < 1.29 is 13.6 Å². The summed E-state index contributed by atoms with van der Waals surface area (Å²) < 4.78 is 19.0. The van der Waals surface area contributed by atoms with Gasteiger partial charge in [0.1, 0.15) is 5.82 Å². The maximum absolute atomic E-state index is 13.8. The van der Waals surface area contributed by atoms with E-state index in [0.717, 1.165) is 0 Å². The Kier molecular flexibility index (Phi) is 4.30. The molecule has 0 radical (unpaired) electrons. The van der Waals surface area contributed by atoms with E-state index in [1.807, 2.05) is 18.2 Å². The maximum atomic E-state index is 13.8. The number of carbonyl (C=O) groups excluding carboxylic acids is 1. The van der Waals surface area contributed by atoms with E-state index in [2.05, 4.69) is 4.98 Å². The van der Waals surface area contributed by atoms with Gasteiger partial charge in [-0.05, 0) is 48.0 Å². The molecule has 0 spiro atoms. The van der Waals surface area contributed by atoms with Crippen LogP contribution in [-0.4, -0.2) is 10.9 Å². The number of benzene rings is 2. The first-order chi connectivity index (χ1) is 13.1. The van der Waals surface area contributed by atoms with Gasteiger partial charge in [-0.15, -0.1) is 0 Å². The molecule has 1 N–H and O–H groups in total. The predicted octanol–water partition coefficient (Wildman–Crippen LogP) is 4.11. The van der Waals surface area contributed by atoms with E-state index in [1.54, 1.807) is 24.3 Å². The van der Waals surface area contributed by atoms with E-state index in [0.29, 0.717) is 22.2 Å². The lowest BCUT2D eigenvalue weighted by Gasteiger charge is -2.22. The molecule has 0 atom stereocenters. The van der Waals surface area contributed by atoms with Crippen molar-refractivity contribution in [1.29, 1.82) is 0 Å². The number of aromatic nitrogens is 1. The molecule has 0 fully saturated rings. The van der Waals surface area contributed by atoms with Gasteiger partial charge in [-0.25, -0.2) is 4.39 Å². The largest absolute Gasteiger partial charge is 0.459 e. The lowest BCUT2D eigenvalue weighted by molar-refractivity contribution is 0.0958. The Morgan fingerprint density at radius 1 is 1.04 bits per heavy atom. The van der Waals surface area contributed by atoms with Crippen molar-refractivity contribution in [3.05, 3.63) is 100 Å². The highest BCUT2D eigenvalue weighted by molar-refractivity contribution is 6.04. The Bertz CT molecular complexity index is 1150. The van der Waals surface area contributed by atoms with Gasteiger partial charge >= 0.3 is 0 Å². The van der Waals surface area contributed by atoms with Crippen molar-refractivity contribution in [1.82, 2.24) is 4.98 Å². The van der Waals surface area contributed by atoms with Crippen LogP contribution in [0.3, 0.4) is 0 Å². The molecule has 2 aromatic heterocycles. The summed E-state index contributed by atoms with van der Waals surface area (Å²) in [6.45, 7) is 0.0907. The normalized spacial score (nSPS) is 10.9. The molecule has 5 nitrogen and oxygen atoms in total. The minimum Gasteiger partial charge on any atom is -0.459 e. The van der Waals surface area contributed by atoms with Crippen LogP contribution in [0.2, 0.25) is 0 Å². The Balaban J connectivity index is 1.83. The molecule has 0 aliphatic rings. The molecule has 2 aromatic carbocycles. The van der Waals surface area contributed by atoms with Gasteiger partial charge in [0.15, 0.2) is 5.76 Å². The van der Waals surface area contributed by atoms with Gasteiger partial charge in [0, 0.05) is 22.7 Å². The quantitative estimate of drug-likeness (QED) is 0.594. The minimum atomic E-state index is -0.417. The zero-order valence-corrected chi connectivity index (χ0v) is 14.2. The van der Waals surface area contributed by atoms with Gasteiger partial charge in [0.2, 0.25) is 5.56 Å². The second-order valence-electron chi connectivity index (χ2n) is 6.05. The number of amides is 1. The van der Waals surface area contributed by atoms with E-state index in [9.17, 15) is 14.0 Å². The average Bonchev–Trinajstić information content (AvgIpc) is 3.21. The summed E-state index contributed by atoms with van der Waals surface area (Å²) in [6.07, 6.45) is 1.43. The van der Waals surface area contributed by atoms with Crippen LogP contribution >= 0.6 is 0 Å². The summed E-state index contributed by atoms with van der Waals surface area (Å²) in [6, 6.07) is 17.8. The molecule has 0 aliphatic carbocycles. The number of nitrogens with one attached hydrogen (secondary N) is 1. The zero-order valence-electron chi connectivity index (χ0n) is 14.2. The third kappa shape index (κ3) is 3.37. The van der Waals surface area contributed by atoms with Gasteiger partial charge in [0.25, 0.3) is 5.91 Å². The van der Waals surface area contributed by atoms with E-state index in [4.69, 9.17) is 4.42 Å². The molecule has 134 valence electrons. The monoisotopic (exact) mass is 362 g/mol. The molecule has 1 amide bonds. The van der Waals surface area contributed by atoms with Crippen LogP contribution in [0.15, 0.2) is 82.2 Å². The lowest BCUT2D eigenvalue weighted by Crippen LogP contribution is -2.30. The number of anilines is 1. The van der Waals surface area contributed by atoms with Gasteiger partial charge in [-0.1, -0.05) is 18.2 Å². The number of pyridine rings is 1. The number of hydrogen-bond donors (Lipinski definition) is 1. The molecule has 0 aliphatic heterocycles. The average molecular weight is 362 g/mol. The zero-order chi connectivity index (χ0) is 18.8. The molecule has 0 bridgehead atoms. The molecule has 4 aromatic rings. The summed E-state index contributed by atoms with van der Waals surface area (Å²) in [5, 5.41) is 0.544. The molecule has 2 heterocycles. The maximum Gasteiger partial charge on any atom is 0.294 e. The fourth-order valence-electron chi connectivity index (χ4n) is 3.02. The van der Waals surface area contributed by atoms with Gasteiger partial charge in [-0.2, -0.15) is 0 Å². The number of H-pyrrole nitrogens is 1. The van der Waals surface area contributed by atoms with E-state index >= 15 is 0 Å². The molecule has 27 heavy (non-hydrogen) atoms. The van der Waals surface area contributed by atoms with E-state index in [1.165, 1.54) is 35.4 Å². The Labute approximate surface area is 153 Å². The molecular formula is C21H15FN2O3. The molecular weight excluding hydrogens is 347 g/mol. The molecule has 6 heteroatoms. The molecule has 0 unspecified atom stereocenters. The van der Waals surface area contributed by atoms with Crippen LogP contribution < -0.4 is 10.5 Å². The van der Waals surface area contributed by atoms with Crippen LogP contribution in [0.5, 0.6) is 0 Å². The van der Waals surface area contributed by atoms with Crippen molar-refractivity contribution >= 4 is 22.5 Å². The number of carbonyl (C=O) groups is 1. The van der Waals surface area contributed by atoms with Crippen LogP contribution in [0.4, 0.5) is 10.1 Å². The standard InChI is InChI=1S/C21H15FN2O3/c22-15-8-9-18-17(12-15)14(11-20(25)23-18)13-24(16-5-2-1-3-6-16)21(26)19-7-4-10-27-19/h1-12H,13H2,(H,23,25). The smallest absolute Gasteiger partial charge is 0.294 e. The van der Waals surface area contributed by atoms with Crippen molar-refractivity contribution in [3.63, 3.8) is 0 Å². The highest BCUT2D eigenvalue weighted by Gasteiger charge is 2.21. The Morgan fingerprint density at radius 2 is 1.85 bits per heavy atom. The fourth-order valence-corrected chi connectivity index (χ4v) is 3.02. The minimum absolute atomic E-state index is 0.0907. The predicted molar refractivity (Wildman–Crippen MR) is 100 cm³/mol. The summed E-state index contributed by atoms with van der Waals surface area (Å²) in [4.78, 5) is 29.2. The summed E-state index contributed by atoms with van der Waals surface area (Å²) in [5.74, 6) is -0.588. The highest BCUT2D eigenvalue weighted by Crippen LogP contribution is 2.23. The van der Waals surface area contributed by atoms with Crippen LogP contribution in [-0.2, 0) is 6.54 Å². The third-order valence-corrected chi connectivity index (χ3v) is 4.26. The summed E-state index contributed by atoms with van der Waals surface area (Å²) in [5.41, 5.74) is 1.38. The summed E-state index contributed by atoms with van der Waals surface area (Å²) in [7, 11) is 0.